The van der Waals surface area contributed by atoms with Crippen LogP contribution in [0.15, 0.2) is 48.5 Å². The number of hydrogen-bond acceptors (Lipinski definition) is 4. The summed E-state index contributed by atoms with van der Waals surface area (Å²) in [5.74, 6) is 1.37. The lowest BCUT2D eigenvalue weighted by Crippen LogP contribution is -2.39. The van der Waals surface area contributed by atoms with Gasteiger partial charge < -0.3 is 19.7 Å². The maximum absolute atomic E-state index is 12.8. The van der Waals surface area contributed by atoms with Gasteiger partial charge in [0.1, 0.15) is 13.2 Å². The van der Waals surface area contributed by atoms with Crippen LogP contribution in [0.3, 0.4) is 0 Å². The second kappa shape index (κ2) is 7.92. The molecule has 2 aliphatic rings. The second-order valence-electron chi connectivity index (χ2n) is 7.12. The Hall–Kier alpha value is -3.02. The molecule has 6 heteroatoms. The number of anilines is 1. The minimum Gasteiger partial charge on any atom is -0.486 e. The van der Waals surface area contributed by atoms with Crippen LogP contribution in [-0.4, -0.2) is 43.0 Å². The van der Waals surface area contributed by atoms with Gasteiger partial charge in [-0.05, 0) is 37.0 Å². The molecule has 4 rings (SSSR count). The van der Waals surface area contributed by atoms with Crippen LogP contribution in [0.25, 0.3) is 0 Å². The average molecular weight is 380 g/mol. The minimum atomic E-state index is -0.219. The van der Waals surface area contributed by atoms with E-state index in [9.17, 15) is 9.59 Å². The van der Waals surface area contributed by atoms with Crippen LogP contribution in [0.5, 0.6) is 11.5 Å². The van der Waals surface area contributed by atoms with Gasteiger partial charge in [0.05, 0.1) is 6.54 Å². The number of carbonyl (C=O) groups is 2. The first-order valence-corrected chi connectivity index (χ1v) is 9.69. The van der Waals surface area contributed by atoms with Crippen molar-refractivity contribution in [3.8, 4) is 11.5 Å². The summed E-state index contributed by atoms with van der Waals surface area (Å²) in [6.07, 6.45) is 0.850. The first-order valence-electron chi connectivity index (χ1n) is 9.69. The summed E-state index contributed by atoms with van der Waals surface area (Å²) in [5, 5.41) is 2.85. The minimum absolute atomic E-state index is 0.0237. The molecule has 0 radical (unpaired) electrons. The van der Waals surface area contributed by atoms with Gasteiger partial charge in [-0.2, -0.15) is 0 Å². The molecule has 1 aliphatic heterocycles. The van der Waals surface area contributed by atoms with Crippen molar-refractivity contribution in [2.75, 3.05) is 31.6 Å². The number of carbonyl (C=O) groups excluding carboxylic acids is 2. The molecular formula is C22H24N2O4. The average Bonchev–Trinajstić information content (AvgIpc) is 3.53. The Labute approximate surface area is 164 Å². The smallest absolute Gasteiger partial charge is 0.243 e. The van der Waals surface area contributed by atoms with Crippen LogP contribution in [0.1, 0.15) is 24.8 Å². The van der Waals surface area contributed by atoms with Crippen LogP contribution >= 0.6 is 0 Å². The highest BCUT2D eigenvalue weighted by molar-refractivity contribution is 5.95. The Morgan fingerprint density at radius 3 is 2.57 bits per heavy atom. The van der Waals surface area contributed by atoms with Crippen LogP contribution in [0, 0.1) is 5.92 Å². The fourth-order valence-corrected chi connectivity index (χ4v) is 3.61. The van der Waals surface area contributed by atoms with Crippen molar-refractivity contribution in [1.29, 1.82) is 0 Å². The van der Waals surface area contributed by atoms with Crippen LogP contribution in [0.2, 0.25) is 0 Å². The molecule has 2 unspecified atom stereocenters. The summed E-state index contributed by atoms with van der Waals surface area (Å²) in [6, 6.07) is 15.4. The molecule has 1 aliphatic carbocycles. The van der Waals surface area contributed by atoms with Crippen LogP contribution in [-0.2, 0) is 9.59 Å². The van der Waals surface area contributed by atoms with Crippen molar-refractivity contribution >= 4 is 17.5 Å². The predicted molar refractivity (Wildman–Crippen MR) is 106 cm³/mol. The van der Waals surface area contributed by atoms with Crippen LogP contribution < -0.4 is 14.8 Å². The van der Waals surface area contributed by atoms with Crippen molar-refractivity contribution in [2.24, 2.45) is 5.92 Å². The lowest BCUT2D eigenvalue weighted by atomic mass is 10.1. The van der Waals surface area contributed by atoms with Crippen molar-refractivity contribution in [2.45, 2.75) is 19.3 Å². The summed E-state index contributed by atoms with van der Waals surface area (Å²) in [5.41, 5.74) is 1.82. The van der Waals surface area contributed by atoms with Gasteiger partial charge in [-0.15, -0.1) is 0 Å². The number of ether oxygens (including phenoxy) is 2. The maximum Gasteiger partial charge on any atom is 0.243 e. The number of nitrogens with zero attached hydrogens (tertiary/aromatic N) is 1. The highest BCUT2D eigenvalue weighted by atomic mass is 16.6. The summed E-state index contributed by atoms with van der Waals surface area (Å²) in [4.78, 5) is 26.9. The molecule has 2 atom stereocenters. The Kier molecular flexibility index (Phi) is 5.19. The predicted octanol–water partition coefficient (Wildman–Crippen LogP) is 3.05. The fourth-order valence-electron chi connectivity index (χ4n) is 3.61. The molecule has 0 aromatic heterocycles. The topological polar surface area (TPSA) is 67.9 Å². The highest BCUT2D eigenvalue weighted by Gasteiger charge is 2.45. The summed E-state index contributed by atoms with van der Waals surface area (Å²) < 4.78 is 11.0. The molecule has 1 fully saturated rings. The van der Waals surface area contributed by atoms with Crippen molar-refractivity contribution in [3.63, 3.8) is 0 Å². The van der Waals surface area contributed by atoms with E-state index in [0.29, 0.717) is 36.9 Å². The molecule has 1 saturated carbocycles. The Balaban J connectivity index is 1.34. The molecule has 6 nitrogen and oxygen atoms in total. The Bertz CT molecular complexity index is 868. The number of nitrogens with one attached hydrogen (secondary N) is 1. The van der Waals surface area contributed by atoms with Gasteiger partial charge in [0.15, 0.2) is 11.5 Å². The molecule has 2 amide bonds. The van der Waals surface area contributed by atoms with E-state index in [4.69, 9.17) is 9.47 Å². The lowest BCUT2D eigenvalue weighted by molar-refractivity contribution is -0.135. The number of likely N-dealkylation sites (N-methyl/N-ethyl adjacent to an activating group) is 1. The Morgan fingerprint density at radius 1 is 1.07 bits per heavy atom. The first kappa shape index (κ1) is 18.3. The lowest BCUT2D eigenvalue weighted by Gasteiger charge is -2.21. The number of amides is 2. The second-order valence-corrected chi connectivity index (χ2v) is 7.12. The molecule has 146 valence electrons. The third kappa shape index (κ3) is 3.96. The van der Waals surface area contributed by atoms with E-state index < -0.39 is 0 Å². The van der Waals surface area contributed by atoms with E-state index in [1.165, 1.54) is 5.56 Å². The van der Waals surface area contributed by atoms with Gasteiger partial charge in [-0.1, -0.05) is 30.3 Å². The molecule has 28 heavy (non-hydrogen) atoms. The number of benzene rings is 2. The molecule has 1 N–H and O–H groups in total. The standard InChI is InChI=1S/C22H24N2O4/c1-2-24(22(26)18-13-17(18)15-6-4-3-5-7-15)14-21(25)23-16-8-9-19-20(12-16)28-11-10-27-19/h3-9,12,17-18H,2,10-11,13-14H2,1H3,(H,23,25). The quantitative estimate of drug-likeness (QED) is 0.836. The molecule has 1 heterocycles. The van der Waals surface area contributed by atoms with Gasteiger partial charge in [-0.25, -0.2) is 0 Å². The third-order valence-corrected chi connectivity index (χ3v) is 5.19. The number of rotatable bonds is 6. The number of fused-ring (bicyclic) bond motifs is 1. The molecule has 0 bridgehead atoms. The Morgan fingerprint density at radius 2 is 1.82 bits per heavy atom. The van der Waals surface area contributed by atoms with Crippen LogP contribution in [0.4, 0.5) is 5.69 Å². The largest absolute Gasteiger partial charge is 0.486 e. The molecule has 0 saturated heterocycles. The van der Waals surface area contributed by atoms with Gasteiger partial charge in [0, 0.05) is 24.2 Å². The first-order chi connectivity index (χ1) is 13.7. The van der Waals surface area contributed by atoms with Gasteiger partial charge in [-0.3, -0.25) is 9.59 Å². The monoisotopic (exact) mass is 380 g/mol. The van der Waals surface area contributed by atoms with Crippen molar-refractivity contribution in [3.05, 3.63) is 54.1 Å². The number of hydrogen-bond donors (Lipinski definition) is 1. The van der Waals surface area contributed by atoms with E-state index in [1.807, 2.05) is 25.1 Å². The SMILES string of the molecule is CCN(CC(=O)Nc1ccc2c(c1)OCCO2)C(=O)C1CC1c1ccccc1. The van der Waals surface area contributed by atoms with Gasteiger partial charge >= 0.3 is 0 Å². The zero-order valence-corrected chi connectivity index (χ0v) is 15.9. The third-order valence-electron chi connectivity index (χ3n) is 5.19. The highest BCUT2D eigenvalue weighted by Crippen LogP contribution is 2.48. The zero-order valence-electron chi connectivity index (χ0n) is 15.9. The molecule has 2 aromatic carbocycles. The molecular weight excluding hydrogens is 356 g/mol. The molecule has 0 spiro atoms. The van der Waals surface area contributed by atoms with E-state index in [2.05, 4.69) is 17.4 Å². The van der Waals surface area contributed by atoms with E-state index in [-0.39, 0.29) is 30.2 Å². The summed E-state index contributed by atoms with van der Waals surface area (Å²) in [7, 11) is 0. The van der Waals surface area contributed by atoms with E-state index in [0.717, 1.165) is 6.42 Å². The summed E-state index contributed by atoms with van der Waals surface area (Å²) in [6.45, 7) is 3.46. The molecule has 2 aromatic rings. The van der Waals surface area contributed by atoms with E-state index in [1.54, 1.807) is 23.1 Å². The van der Waals surface area contributed by atoms with Crippen molar-refractivity contribution in [1.82, 2.24) is 4.90 Å². The fraction of sp³-hybridized carbons (Fsp3) is 0.364. The maximum atomic E-state index is 12.8. The summed E-state index contributed by atoms with van der Waals surface area (Å²) >= 11 is 0. The van der Waals surface area contributed by atoms with Crippen molar-refractivity contribution < 1.29 is 19.1 Å². The zero-order chi connectivity index (χ0) is 19.5. The van der Waals surface area contributed by atoms with E-state index >= 15 is 0 Å². The van der Waals surface area contributed by atoms with Gasteiger partial charge in [0.2, 0.25) is 11.8 Å². The van der Waals surface area contributed by atoms with Gasteiger partial charge in [0.25, 0.3) is 0 Å². The normalized spacial score (nSPS) is 19.6.